The van der Waals surface area contributed by atoms with Gasteiger partial charge in [-0.3, -0.25) is 4.79 Å². The number of aromatic amines is 1. The number of H-pyrrole nitrogens is 1. The Bertz CT molecular complexity index is 705. The van der Waals surface area contributed by atoms with Crippen LogP contribution in [0.25, 0.3) is 0 Å². The minimum atomic E-state index is -0.251. The first-order valence-electron chi connectivity index (χ1n) is 8.43. The monoisotopic (exact) mass is 383 g/mol. The lowest BCUT2D eigenvalue weighted by Crippen LogP contribution is -2.55. The van der Waals surface area contributed by atoms with Crippen molar-refractivity contribution in [1.29, 1.82) is 0 Å². The average molecular weight is 384 g/mol. The van der Waals surface area contributed by atoms with Crippen LogP contribution in [0.2, 0.25) is 5.15 Å². The third kappa shape index (κ3) is 4.13. The van der Waals surface area contributed by atoms with Gasteiger partial charge in [0.25, 0.3) is 5.91 Å². The van der Waals surface area contributed by atoms with Crippen LogP contribution in [0.1, 0.15) is 36.6 Å². The van der Waals surface area contributed by atoms with Gasteiger partial charge >= 0.3 is 0 Å². The fourth-order valence-corrected chi connectivity index (χ4v) is 3.92. The number of anilines is 1. The molecule has 0 radical (unpaired) electrons. The summed E-state index contributed by atoms with van der Waals surface area (Å²) in [7, 11) is 0. The van der Waals surface area contributed by atoms with E-state index >= 15 is 0 Å². The molecule has 2 atom stereocenters. The van der Waals surface area contributed by atoms with Gasteiger partial charge in [0, 0.05) is 31.3 Å². The maximum Gasteiger partial charge on any atom is 0.287 e. The summed E-state index contributed by atoms with van der Waals surface area (Å²) < 4.78 is 5.87. The van der Waals surface area contributed by atoms with Gasteiger partial charge in [-0.1, -0.05) is 18.5 Å². The van der Waals surface area contributed by atoms with Crippen LogP contribution in [-0.2, 0) is 11.2 Å². The lowest BCUT2D eigenvalue weighted by Gasteiger charge is -2.38. The van der Waals surface area contributed by atoms with Crippen LogP contribution in [-0.4, -0.2) is 52.7 Å². The van der Waals surface area contributed by atoms with Crippen molar-refractivity contribution in [3.63, 3.8) is 0 Å². The predicted molar refractivity (Wildman–Crippen MR) is 98.6 cm³/mol. The highest BCUT2D eigenvalue weighted by molar-refractivity contribution is 7.13. The molecule has 9 heteroatoms. The molecule has 1 fully saturated rings. The van der Waals surface area contributed by atoms with Gasteiger partial charge < -0.3 is 19.9 Å². The fourth-order valence-electron chi connectivity index (χ4n) is 2.98. The van der Waals surface area contributed by atoms with E-state index in [-0.39, 0.29) is 23.9 Å². The molecule has 2 aromatic heterocycles. The summed E-state index contributed by atoms with van der Waals surface area (Å²) in [5, 5.41) is 6.34. The number of nitrogens with one attached hydrogen (secondary N) is 2. The second kappa shape index (κ2) is 8.16. The number of aromatic nitrogens is 3. The molecule has 1 aliphatic heterocycles. The SMILES string of the molecule is CCOC1CN(c2nccs2)CCC1NC(=O)c1nc(Cl)c(CC)[nH]1. The van der Waals surface area contributed by atoms with E-state index in [0.29, 0.717) is 24.7 Å². The van der Waals surface area contributed by atoms with E-state index in [1.165, 1.54) is 0 Å². The highest BCUT2D eigenvalue weighted by atomic mass is 35.5. The molecule has 2 unspecified atom stereocenters. The zero-order chi connectivity index (χ0) is 17.8. The van der Waals surface area contributed by atoms with Crippen molar-refractivity contribution < 1.29 is 9.53 Å². The van der Waals surface area contributed by atoms with Crippen molar-refractivity contribution >= 4 is 34.0 Å². The quantitative estimate of drug-likeness (QED) is 0.800. The van der Waals surface area contributed by atoms with Crippen LogP contribution in [0, 0.1) is 0 Å². The van der Waals surface area contributed by atoms with Gasteiger partial charge in [-0.25, -0.2) is 9.97 Å². The Morgan fingerprint density at radius 2 is 2.40 bits per heavy atom. The molecule has 3 rings (SSSR count). The first-order chi connectivity index (χ1) is 12.1. The smallest absolute Gasteiger partial charge is 0.287 e. The van der Waals surface area contributed by atoms with Crippen molar-refractivity contribution in [2.45, 2.75) is 38.8 Å². The summed E-state index contributed by atoms with van der Waals surface area (Å²) in [6, 6.07) is -0.0717. The Labute approximate surface area is 155 Å². The number of carbonyl (C=O) groups excluding carboxylic acids is 1. The van der Waals surface area contributed by atoms with Gasteiger partial charge in [0.15, 0.2) is 16.1 Å². The van der Waals surface area contributed by atoms with E-state index in [4.69, 9.17) is 16.3 Å². The molecule has 0 aliphatic carbocycles. The molecule has 25 heavy (non-hydrogen) atoms. The lowest BCUT2D eigenvalue weighted by atomic mass is 10.0. The van der Waals surface area contributed by atoms with Gasteiger partial charge in [-0.05, 0) is 19.8 Å². The van der Waals surface area contributed by atoms with Gasteiger partial charge in [0.1, 0.15) is 0 Å². The summed E-state index contributed by atoms with van der Waals surface area (Å²) in [6.07, 6.45) is 3.19. The summed E-state index contributed by atoms with van der Waals surface area (Å²) in [5.41, 5.74) is 0.770. The minimum Gasteiger partial charge on any atom is -0.375 e. The molecule has 136 valence electrons. The molecular weight excluding hydrogens is 362 g/mol. The van der Waals surface area contributed by atoms with Gasteiger partial charge in [0.2, 0.25) is 0 Å². The molecule has 1 amide bonds. The van der Waals surface area contributed by atoms with Crippen molar-refractivity contribution in [2.75, 3.05) is 24.6 Å². The second-order valence-electron chi connectivity index (χ2n) is 5.83. The first-order valence-corrected chi connectivity index (χ1v) is 9.69. The lowest BCUT2D eigenvalue weighted by molar-refractivity contribution is 0.0271. The number of aryl methyl sites for hydroxylation is 1. The number of rotatable bonds is 6. The first kappa shape index (κ1) is 18.2. The fraction of sp³-hybridized carbons (Fsp3) is 0.562. The van der Waals surface area contributed by atoms with Crippen molar-refractivity contribution in [2.24, 2.45) is 0 Å². The number of hydrogen-bond donors (Lipinski definition) is 2. The number of carbonyl (C=O) groups is 1. The van der Waals surface area contributed by atoms with Crippen molar-refractivity contribution in [3.05, 3.63) is 28.2 Å². The zero-order valence-corrected chi connectivity index (χ0v) is 15.9. The Kier molecular flexibility index (Phi) is 5.93. The predicted octanol–water partition coefficient (Wildman–Crippen LogP) is 2.50. The summed E-state index contributed by atoms with van der Waals surface area (Å²) in [6.45, 7) is 6.03. The van der Waals surface area contributed by atoms with Gasteiger partial charge in [-0.2, -0.15) is 0 Å². The van der Waals surface area contributed by atoms with Crippen molar-refractivity contribution in [3.8, 4) is 0 Å². The third-order valence-electron chi connectivity index (χ3n) is 4.24. The highest BCUT2D eigenvalue weighted by Gasteiger charge is 2.32. The Morgan fingerprint density at radius 1 is 1.56 bits per heavy atom. The van der Waals surface area contributed by atoms with Crippen LogP contribution < -0.4 is 10.2 Å². The molecule has 3 heterocycles. The number of imidazole rings is 1. The number of ether oxygens (including phenoxy) is 1. The third-order valence-corrected chi connectivity index (χ3v) is 5.39. The van der Waals surface area contributed by atoms with Crippen LogP contribution in [0.3, 0.4) is 0 Å². The Balaban J connectivity index is 1.67. The van der Waals surface area contributed by atoms with Crippen molar-refractivity contribution in [1.82, 2.24) is 20.3 Å². The molecule has 0 aromatic carbocycles. The van der Waals surface area contributed by atoms with E-state index in [1.807, 2.05) is 19.2 Å². The molecule has 2 N–H and O–H groups in total. The summed E-state index contributed by atoms with van der Waals surface area (Å²) in [5.74, 6) is -0.00143. The van der Waals surface area contributed by atoms with Gasteiger partial charge in [0.05, 0.1) is 17.8 Å². The van der Waals surface area contributed by atoms with E-state index in [1.54, 1.807) is 17.5 Å². The molecule has 1 saturated heterocycles. The number of halogens is 1. The second-order valence-corrected chi connectivity index (χ2v) is 7.06. The van der Waals surface area contributed by atoms with E-state index in [9.17, 15) is 4.79 Å². The minimum absolute atomic E-state index is 0.0717. The average Bonchev–Trinajstić information content (AvgIpc) is 3.26. The molecule has 1 aliphatic rings. The molecule has 0 bridgehead atoms. The van der Waals surface area contributed by atoms with E-state index in [2.05, 4.69) is 25.2 Å². The normalized spacial score (nSPS) is 20.7. The Hall–Kier alpha value is -1.64. The number of hydrogen-bond acceptors (Lipinski definition) is 6. The zero-order valence-electron chi connectivity index (χ0n) is 14.3. The van der Waals surface area contributed by atoms with Crippen LogP contribution in [0.15, 0.2) is 11.6 Å². The highest BCUT2D eigenvalue weighted by Crippen LogP contribution is 2.24. The molecule has 2 aromatic rings. The maximum atomic E-state index is 12.5. The summed E-state index contributed by atoms with van der Waals surface area (Å²) >= 11 is 7.64. The van der Waals surface area contributed by atoms with Crippen LogP contribution >= 0.6 is 22.9 Å². The Morgan fingerprint density at radius 3 is 3.04 bits per heavy atom. The van der Waals surface area contributed by atoms with E-state index < -0.39 is 0 Å². The van der Waals surface area contributed by atoms with Crippen LogP contribution in [0.5, 0.6) is 0 Å². The maximum absolute atomic E-state index is 12.5. The number of amides is 1. The summed E-state index contributed by atoms with van der Waals surface area (Å²) in [4.78, 5) is 26.2. The topological polar surface area (TPSA) is 83.1 Å². The number of thiazole rings is 1. The van der Waals surface area contributed by atoms with E-state index in [0.717, 1.165) is 23.8 Å². The van der Waals surface area contributed by atoms with Crippen LogP contribution in [0.4, 0.5) is 5.13 Å². The number of piperidine rings is 1. The standard InChI is InChI=1S/C16H22ClN5O2S/c1-3-10-13(17)21-14(19-10)15(23)20-11-5-7-22(9-12(11)24-4-2)16-18-6-8-25-16/h6,8,11-12H,3-5,7,9H2,1-2H3,(H,19,21)(H,20,23). The van der Waals surface area contributed by atoms with Gasteiger partial charge in [-0.15, -0.1) is 11.3 Å². The molecule has 7 nitrogen and oxygen atoms in total. The molecule has 0 saturated carbocycles. The molecule has 0 spiro atoms. The largest absolute Gasteiger partial charge is 0.375 e. The number of nitrogens with zero attached hydrogens (tertiary/aromatic N) is 3. The molecular formula is C16H22ClN5O2S.